The van der Waals surface area contributed by atoms with Crippen molar-refractivity contribution in [2.24, 2.45) is 0 Å². The quantitative estimate of drug-likeness (QED) is 0.141. The van der Waals surface area contributed by atoms with Gasteiger partial charge >= 0.3 is 30.5 Å². The van der Waals surface area contributed by atoms with E-state index < -0.39 is 71.5 Å². The topological polar surface area (TPSA) is 129 Å². The van der Waals surface area contributed by atoms with Crippen LogP contribution in [0.1, 0.15) is 78.4 Å². The molecule has 0 radical (unpaired) electrons. The van der Waals surface area contributed by atoms with Crippen molar-refractivity contribution in [2.75, 3.05) is 41.3 Å². The van der Waals surface area contributed by atoms with E-state index in [-0.39, 0.29) is 50.0 Å². The molecule has 65 heavy (non-hydrogen) atoms. The van der Waals surface area contributed by atoms with Crippen LogP contribution in [0.4, 0.5) is 35.9 Å². The summed E-state index contributed by atoms with van der Waals surface area (Å²) in [5.74, 6) is -2.99. The zero-order chi connectivity index (χ0) is 49.5. The van der Waals surface area contributed by atoms with Gasteiger partial charge in [-0.05, 0) is 96.8 Å². The molecule has 2 aromatic rings. The van der Waals surface area contributed by atoms with Crippen LogP contribution in [0.15, 0.2) is 61.7 Å². The predicted octanol–water partition coefficient (Wildman–Crippen LogP) is 12.1. The summed E-state index contributed by atoms with van der Waals surface area (Å²) in [6.45, 7) is 18.4. The summed E-state index contributed by atoms with van der Waals surface area (Å²) in [7, 11) is 6.24. The van der Waals surface area contributed by atoms with Crippen LogP contribution in [-0.2, 0) is 30.1 Å². The number of carboxylic acids is 1. The predicted molar refractivity (Wildman–Crippen MR) is 255 cm³/mol. The van der Waals surface area contributed by atoms with Crippen LogP contribution in [-0.4, -0.2) is 109 Å². The number of aliphatic carboxylic acids is 1. The van der Waals surface area contributed by atoms with Crippen molar-refractivity contribution in [3.8, 4) is 0 Å². The van der Waals surface area contributed by atoms with Crippen LogP contribution in [0.25, 0.3) is 0 Å². The summed E-state index contributed by atoms with van der Waals surface area (Å²) in [6, 6.07) is 10.0. The van der Waals surface area contributed by atoms with E-state index in [9.17, 15) is 45.5 Å². The second-order valence-electron chi connectivity index (χ2n) is 16.1. The van der Waals surface area contributed by atoms with Gasteiger partial charge in [0.25, 0.3) is 0 Å². The fourth-order valence-electron chi connectivity index (χ4n) is 5.76. The zero-order valence-corrected chi connectivity index (χ0v) is 42.8. The minimum atomic E-state index is -4.66. The number of hydrogen-bond donors (Lipinski definition) is 2. The fraction of sp³-hybridized carbons (Fsp3) is 0.524. The van der Waals surface area contributed by atoms with E-state index in [1.807, 2.05) is 33.9 Å². The normalized spacial score (nSPS) is 13.2. The molecular weight excluding hydrogens is 992 g/mol. The summed E-state index contributed by atoms with van der Waals surface area (Å²) in [5.41, 5.74) is -2.08. The first-order valence-corrected chi connectivity index (χ1v) is 20.3. The van der Waals surface area contributed by atoms with Crippen molar-refractivity contribution in [1.29, 1.82) is 0 Å². The van der Waals surface area contributed by atoms with Crippen LogP contribution >= 0.6 is 73.4 Å². The molecule has 0 aliphatic carbocycles. The van der Waals surface area contributed by atoms with Crippen molar-refractivity contribution in [2.45, 2.75) is 102 Å². The minimum absolute atomic E-state index is 0. The van der Waals surface area contributed by atoms with E-state index in [1.54, 1.807) is 57.0 Å². The van der Waals surface area contributed by atoms with E-state index in [4.69, 9.17) is 61.0 Å². The number of carbonyl (C=O) groups is 4. The molecule has 11 nitrogen and oxygen atoms in total. The summed E-state index contributed by atoms with van der Waals surface area (Å²) < 4.78 is 82.1. The Morgan fingerprint density at radius 3 is 1.31 bits per heavy atom. The summed E-state index contributed by atoms with van der Waals surface area (Å²) in [6.07, 6.45) is -9.84. The number of rotatable bonds is 14. The van der Waals surface area contributed by atoms with Crippen molar-refractivity contribution < 1.29 is 60.1 Å². The molecule has 0 bridgehead atoms. The monoisotopic (exact) mass is 1050 g/mol. The van der Waals surface area contributed by atoms with Crippen molar-refractivity contribution >= 4 is 97.5 Å². The lowest BCUT2D eigenvalue weighted by atomic mass is 9.84. The Kier molecular flexibility index (Phi) is 28.0. The van der Waals surface area contributed by atoms with Crippen LogP contribution < -0.4 is 5.32 Å². The van der Waals surface area contributed by atoms with Gasteiger partial charge in [-0.1, -0.05) is 70.7 Å². The summed E-state index contributed by atoms with van der Waals surface area (Å²) in [4.78, 5) is 50.9. The van der Waals surface area contributed by atoms with Crippen molar-refractivity contribution in [3.05, 3.63) is 92.9 Å². The SMILES string of the molecule is C=CC[C@@](CN(C)C(=O)CC(F)(F)F)(c1ccc(Cl)c(Cl)c1)N(C)C(=O)OC(C)(C)C.C=CC[C@@](CNC)(c1ccc(Cl)c(Cl)c1)N(C)C(=O)OC(C)(C)C.O=C(O)CC(F)(F)F.S.S. The second-order valence-corrected chi connectivity index (χ2v) is 17.8. The average molecular weight is 1050 g/mol. The molecule has 2 aromatic carbocycles. The molecule has 0 aromatic heterocycles. The third-order valence-electron chi connectivity index (χ3n) is 8.59. The molecule has 23 heteroatoms. The first kappa shape index (κ1) is 66.1. The lowest BCUT2D eigenvalue weighted by molar-refractivity contribution is -0.166. The smallest absolute Gasteiger partial charge is 0.410 e. The highest BCUT2D eigenvalue weighted by Gasteiger charge is 2.44. The molecule has 0 aliphatic heterocycles. The van der Waals surface area contributed by atoms with E-state index in [1.165, 1.54) is 37.2 Å². The lowest BCUT2D eigenvalue weighted by Gasteiger charge is -2.44. The summed E-state index contributed by atoms with van der Waals surface area (Å²) in [5, 5.41) is 12.0. The number of likely N-dealkylation sites (N-methyl/N-ethyl adjacent to an activating group) is 4. The van der Waals surface area contributed by atoms with Gasteiger partial charge in [-0.3, -0.25) is 19.4 Å². The molecule has 0 saturated carbocycles. The Morgan fingerprint density at radius 1 is 0.662 bits per heavy atom. The zero-order valence-electron chi connectivity index (χ0n) is 37.8. The number of alkyl halides is 6. The highest BCUT2D eigenvalue weighted by atomic mass is 35.5. The average Bonchev–Trinajstić information content (AvgIpc) is 3.10. The molecular formula is C42H60Cl4F6N4O7S2. The Labute approximate surface area is 411 Å². The molecule has 0 heterocycles. The molecule has 372 valence electrons. The maximum absolute atomic E-state index is 12.9. The van der Waals surface area contributed by atoms with Crippen LogP contribution in [0.2, 0.25) is 20.1 Å². The molecule has 2 N–H and O–H groups in total. The van der Waals surface area contributed by atoms with Gasteiger partial charge in [0.2, 0.25) is 5.91 Å². The van der Waals surface area contributed by atoms with Crippen molar-refractivity contribution in [3.63, 3.8) is 0 Å². The van der Waals surface area contributed by atoms with Gasteiger partial charge < -0.3 is 24.8 Å². The first-order chi connectivity index (χ1) is 28.5. The molecule has 2 rings (SSSR count). The number of ether oxygens (including phenoxy) is 2. The Bertz CT molecular complexity index is 1900. The molecule has 0 spiro atoms. The Balaban J connectivity index is -0.00000100. The van der Waals surface area contributed by atoms with Crippen molar-refractivity contribution in [1.82, 2.24) is 20.0 Å². The van der Waals surface area contributed by atoms with Gasteiger partial charge in [0.05, 0.1) is 31.2 Å². The first-order valence-electron chi connectivity index (χ1n) is 18.8. The largest absolute Gasteiger partial charge is 0.481 e. The number of halogens is 10. The van der Waals surface area contributed by atoms with Gasteiger partial charge in [0.1, 0.15) is 24.0 Å². The third kappa shape index (κ3) is 22.9. The number of nitrogens with zero attached hydrogens (tertiary/aromatic N) is 3. The van der Waals surface area contributed by atoms with E-state index in [2.05, 4.69) is 18.5 Å². The maximum atomic E-state index is 12.9. The highest BCUT2D eigenvalue weighted by molar-refractivity contribution is 7.59. The highest BCUT2D eigenvalue weighted by Crippen LogP contribution is 2.39. The summed E-state index contributed by atoms with van der Waals surface area (Å²) >= 11 is 24.4. The van der Waals surface area contributed by atoms with Gasteiger partial charge in [0, 0.05) is 34.2 Å². The number of carbonyl (C=O) groups excluding carboxylic acids is 3. The molecule has 2 atom stereocenters. The van der Waals surface area contributed by atoms with Gasteiger partial charge in [0.15, 0.2) is 0 Å². The Morgan fingerprint density at radius 2 is 1.02 bits per heavy atom. The van der Waals surface area contributed by atoms with Crippen LogP contribution in [0.5, 0.6) is 0 Å². The van der Waals surface area contributed by atoms with Crippen LogP contribution in [0.3, 0.4) is 0 Å². The van der Waals surface area contributed by atoms with E-state index >= 15 is 0 Å². The number of nitrogens with one attached hydrogen (secondary N) is 1. The molecule has 0 saturated heterocycles. The minimum Gasteiger partial charge on any atom is -0.481 e. The Hall–Kier alpha value is -3.20. The van der Waals surface area contributed by atoms with Gasteiger partial charge in [-0.25, -0.2) is 9.59 Å². The number of benzene rings is 2. The van der Waals surface area contributed by atoms with E-state index in [0.717, 1.165) is 10.5 Å². The van der Waals surface area contributed by atoms with E-state index in [0.29, 0.717) is 28.6 Å². The second kappa shape index (κ2) is 27.6. The third-order valence-corrected chi connectivity index (χ3v) is 10.1. The van der Waals surface area contributed by atoms with Gasteiger partial charge in [-0.15, -0.1) is 13.2 Å². The molecule has 0 unspecified atom stereocenters. The fourth-order valence-corrected chi connectivity index (χ4v) is 6.36. The standard InChI is InChI=1S/C21H27Cl2F3N2O3.C18H26Cl2N2O2.C3H3F3O2.2H2S/c1-7-10-20(14-8-9-15(22)16(23)11-14,28(6)18(30)31-19(2,3)4)13-27(5)17(29)12-21(24,25)26;1-7-10-18(12-21-5,13-8-9-14(19)15(20)11-13)22(6)16(23)24-17(2,3)4;4-3(5,6)1-2(7)8;;/h7-9,11H,1,10,12-13H2,2-6H3;7-9,11,21H,1,10,12H2,2-6H3;1H2,(H,7,8);2*1H2/t20-;18-;;;/m11.../s1. The maximum Gasteiger partial charge on any atom is 0.410 e. The lowest BCUT2D eigenvalue weighted by Crippen LogP contribution is -2.55. The molecule has 0 fully saturated rings. The van der Waals surface area contributed by atoms with Crippen LogP contribution in [0, 0.1) is 0 Å². The number of hydrogen-bond acceptors (Lipinski definition) is 7. The number of amides is 3. The molecule has 3 amide bonds. The van der Waals surface area contributed by atoms with Gasteiger partial charge in [-0.2, -0.15) is 53.3 Å². The number of carboxylic acid groups (broad SMARTS) is 1. The molecule has 0 aliphatic rings.